The molecule has 8 heteroatoms. The molecule has 8 nitrogen and oxygen atoms in total. The summed E-state index contributed by atoms with van der Waals surface area (Å²) in [5.41, 5.74) is 1.01. The highest BCUT2D eigenvalue weighted by Crippen LogP contribution is 2.30. The first kappa shape index (κ1) is 19.2. The second-order valence-electron chi connectivity index (χ2n) is 6.80. The minimum absolute atomic E-state index is 0.350. The third-order valence-corrected chi connectivity index (χ3v) is 3.43. The monoisotopic (exact) mass is 359 g/mol. The van der Waals surface area contributed by atoms with Crippen LogP contribution in [0.15, 0.2) is 30.8 Å². The van der Waals surface area contributed by atoms with E-state index in [0.29, 0.717) is 16.8 Å². The van der Waals surface area contributed by atoms with E-state index < -0.39 is 30.1 Å². The molecule has 1 aromatic rings. The van der Waals surface area contributed by atoms with Crippen LogP contribution in [0.2, 0.25) is 0 Å². The number of nitrogens with one attached hydrogen (secondary N) is 2. The normalized spacial score (nSPS) is 13.3. The number of esters is 1. The Balaban J connectivity index is 1.83. The second kappa shape index (κ2) is 7.38. The van der Waals surface area contributed by atoms with Crippen LogP contribution in [0.5, 0.6) is 0 Å². The van der Waals surface area contributed by atoms with Crippen molar-refractivity contribution < 1.29 is 23.9 Å². The van der Waals surface area contributed by atoms with Crippen LogP contribution in [0.3, 0.4) is 0 Å². The standard InChI is InChI=1S/C18H21N3O5/c1-11-12-7-5-6-8-13(12)16(24)21(11)9-15(23)26-10-14(22)19-17(25)20-18(2,3)4/h5-8H,1,9-10H2,2-4H3,(H2,19,20,22,25). The summed E-state index contributed by atoms with van der Waals surface area (Å²) in [7, 11) is 0. The molecule has 138 valence electrons. The van der Waals surface area contributed by atoms with Crippen molar-refractivity contribution in [2.45, 2.75) is 26.3 Å². The van der Waals surface area contributed by atoms with E-state index in [4.69, 9.17) is 4.74 Å². The van der Waals surface area contributed by atoms with E-state index in [-0.39, 0.29) is 12.5 Å². The predicted octanol–water partition coefficient (Wildman–Crippen LogP) is 1.28. The van der Waals surface area contributed by atoms with Crippen LogP contribution in [-0.4, -0.2) is 47.4 Å². The van der Waals surface area contributed by atoms with Crippen LogP contribution in [0.1, 0.15) is 36.7 Å². The lowest BCUT2D eigenvalue weighted by Crippen LogP contribution is -2.49. The van der Waals surface area contributed by atoms with E-state index in [2.05, 4.69) is 17.2 Å². The van der Waals surface area contributed by atoms with Gasteiger partial charge in [0.15, 0.2) is 6.61 Å². The number of carbonyl (C=O) groups is 4. The van der Waals surface area contributed by atoms with Gasteiger partial charge in [-0.3, -0.25) is 24.6 Å². The predicted molar refractivity (Wildman–Crippen MR) is 93.9 cm³/mol. The van der Waals surface area contributed by atoms with Gasteiger partial charge in [-0.05, 0) is 26.8 Å². The highest BCUT2D eigenvalue weighted by Gasteiger charge is 2.32. The molecule has 1 aliphatic rings. The quantitative estimate of drug-likeness (QED) is 0.788. The largest absolute Gasteiger partial charge is 0.454 e. The van der Waals surface area contributed by atoms with Crippen molar-refractivity contribution in [3.05, 3.63) is 42.0 Å². The summed E-state index contributed by atoms with van der Waals surface area (Å²) >= 11 is 0. The molecule has 0 radical (unpaired) electrons. The van der Waals surface area contributed by atoms with E-state index in [9.17, 15) is 19.2 Å². The minimum atomic E-state index is -0.779. The summed E-state index contributed by atoms with van der Waals surface area (Å²) in [5.74, 6) is -1.90. The molecule has 0 bridgehead atoms. The van der Waals surface area contributed by atoms with Crippen molar-refractivity contribution >= 4 is 29.5 Å². The molecule has 0 unspecified atom stereocenters. The van der Waals surface area contributed by atoms with Gasteiger partial charge in [0.2, 0.25) is 0 Å². The number of amides is 4. The fourth-order valence-electron chi connectivity index (χ4n) is 2.36. The number of benzene rings is 1. The fraction of sp³-hybridized carbons (Fsp3) is 0.333. The van der Waals surface area contributed by atoms with Gasteiger partial charge in [0.05, 0.1) is 0 Å². The lowest BCUT2D eigenvalue weighted by Gasteiger charge is -2.20. The summed E-state index contributed by atoms with van der Waals surface area (Å²) in [6, 6.07) is 6.19. The zero-order valence-electron chi connectivity index (χ0n) is 14.9. The summed E-state index contributed by atoms with van der Waals surface area (Å²) in [5, 5.41) is 4.60. The molecular formula is C18H21N3O5. The topological polar surface area (TPSA) is 105 Å². The molecule has 0 spiro atoms. The van der Waals surface area contributed by atoms with Gasteiger partial charge in [0, 0.05) is 22.4 Å². The van der Waals surface area contributed by atoms with Crippen molar-refractivity contribution in [3.8, 4) is 0 Å². The Morgan fingerprint density at radius 3 is 2.35 bits per heavy atom. The Bertz CT molecular complexity index is 744. The lowest BCUT2D eigenvalue weighted by atomic mass is 10.1. The third kappa shape index (κ3) is 4.69. The number of fused-ring (bicyclic) bond motifs is 1. The molecule has 0 atom stereocenters. The van der Waals surface area contributed by atoms with Gasteiger partial charge in [0.1, 0.15) is 6.54 Å². The van der Waals surface area contributed by atoms with E-state index in [1.807, 2.05) is 0 Å². The van der Waals surface area contributed by atoms with Crippen LogP contribution in [-0.2, 0) is 14.3 Å². The zero-order chi connectivity index (χ0) is 19.5. The molecule has 1 aliphatic heterocycles. The van der Waals surface area contributed by atoms with Crippen molar-refractivity contribution in [2.24, 2.45) is 0 Å². The Labute approximate surface area is 151 Å². The first-order valence-corrected chi connectivity index (χ1v) is 7.96. The Hall–Kier alpha value is -3.16. The lowest BCUT2D eigenvalue weighted by molar-refractivity contribution is -0.148. The van der Waals surface area contributed by atoms with E-state index in [1.54, 1.807) is 45.0 Å². The SMILES string of the molecule is C=C1c2ccccc2C(=O)N1CC(=O)OCC(=O)NC(=O)NC(C)(C)C. The van der Waals surface area contributed by atoms with Crippen molar-refractivity contribution in [2.75, 3.05) is 13.2 Å². The molecule has 0 fully saturated rings. The van der Waals surface area contributed by atoms with Gasteiger partial charge in [-0.25, -0.2) is 4.79 Å². The van der Waals surface area contributed by atoms with E-state index >= 15 is 0 Å². The Morgan fingerprint density at radius 2 is 1.77 bits per heavy atom. The van der Waals surface area contributed by atoms with Gasteiger partial charge in [-0.15, -0.1) is 0 Å². The van der Waals surface area contributed by atoms with Crippen molar-refractivity contribution in [1.82, 2.24) is 15.5 Å². The number of urea groups is 1. The van der Waals surface area contributed by atoms with Crippen LogP contribution in [0.25, 0.3) is 5.70 Å². The average Bonchev–Trinajstić information content (AvgIpc) is 2.76. The molecule has 0 aliphatic carbocycles. The molecule has 0 aromatic heterocycles. The summed E-state index contributed by atoms with van der Waals surface area (Å²) in [4.78, 5) is 48.6. The molecule has 1 aromatic carbocycles. The number of rotatable bonds is 4. The molecular weight excluding hydrogens is 338 g/mol. The number of ether oxygens (including phenoxy) is 1. The van der Waals surface area contributed by atoms with Crippen molar-refractivity contribution in [1.29, 1.82) is 0 Å². The number of imide groups is 1. The zero-order valence-corrected chi connectivity index (χ0v) is 14.9. The van der Waals surface area contributed by atoms with Gasteiger partial charge in [-0.2, -0.15) is 0 Å². The molecule has 2 rings (SSSR count). The van der Waals surface area contributed by atoms with Gasteiger partial charge in [-0.1, -0.05) is 24.8 Å². The molecule has 4 amide bonds. The van der Waals surface area contributed by atoms with Crippen molar-refractivity contribution in [3.63, 3.8) is 0 Å². The van der Waals surface area contributed by atoms with Crippen LogP contribution < -0.4 is 10.6 Å². The molecule has 1 heterocycles. The number of carbonyl (C=O) groups excluding carboxylic acids is 4. The first-order chi connectivity index (χ1) is 12.1. The number of hydrogen-bond acceptors (Lipinski definition) is 5. The minimum Gasteiger partial charge on any atom is -0.454 e. The maximum Gasteiger partial charge on any atom is 0.326 e. The maximum atomic E-state index is 12.3. The molecule has 0 saturated carbocycles. The highest BCUT2D eigenvalue weighted by atomic mass is 16.5. The molecule has 0 saturated heterocycles. The van der Waals surface area contributed by atoms with Crippen LogP contribution >= 0.6 is 0 Å². The first-order valence-electron chi connectivity index (χ1n) is 7.96. The average molecular weight is 359 g/mol. The van der Waals surface area contributed by atoms with Crippen LogP contribution in [0, 0.1) is 0 Å². The summed E-state index contributed by atoms with van der Waals surface area (Å²) in [6.07, 6.45) is 0. The molecule has 26 heavy (non-hydrogen) atoms. The number of nitrogens with zero attached hydrogens (tertiary/aromatic N) is 1. The van der Waals surface area contributed by atoms with Gasteiger partial charge in [0.25, 0.3) is 11.8 Å². The summed E-state index contributed by atoms with van der Waals surface area (Å²) < 4.78 is 4.83. The van der Waals surface area contributed by atoms with Crippen LogP contribution in [0.4, 0.5) is 4.79 Å². The Morgan fingerprint density at radius 1 is 1.15 bits per heavy atom. The highest BCUT2D eigenvalue weighted by molar-refractivity contribution is 6.10. The number of hydrogen-bond donors (Lipinski definition) is 2. The second-order valence-corrected chi connectivity index (χ2v) is 6.80. The van der Waals surface area contributed by atoms with E-state index in [0.717, 1.165) is 0 Å². The fourth-order valence-corrected chi connectivity index (χ4v) is 2.36. The van der Waals surface area contributed by atoms with E-state index in [1.165, 1.54) is 4.90 Å². The summed E-state index contributed by atoms with van der Waals surface area (Å²) in [6.45, 7) is 8.10. The maximum absolute atomic E-state index is 12.3. The smallest absolute Gasteiger partial charge is 0.326 e. The third-order valence-electron chi connectivity index (χ3n) is 3.43. The Kier molecular flexibility index (Phi) is 5.44. The van der Waals surface area contributed by atoms with Gasteiger partial charge < -0.3 is 10.1 Å². The molecule has 2 N–H and O–H groups in total. The van der Waals surface area contributed by atoms with Gasteiger partial charge >= 0.3 is 12.0 Å².